The van der Waals surface area contributed by atoms with E-state index in [9.17, 15) is 19.0 Å². The van der Waals surface area contributed by atoms with E-state index < -0.39 is 26.5 Å². The molecule has 0 bridgehead atoms. The monoisotopic (exact) mass is 686 g/mol. The molecule has 0 aliphatic rings. The number of hydrogen-bond donors (Lipinski definition) is 1. The van der Waals surface area contributed by atoms with E-state index in [1.807, 2.05) is 0 Å². The molecule has 0 rings (SSSR count). The summed E-state index contributed by atoms with van der Waals surface area (Å²) in [6, 6.07) is 0. The van der Waals surface area contributed by atoms with E-state index in [1.54, 1.807) is 6.92 Å². The molecule has 0 aliphatic heterocycles. The summed E-state index contributed by atoms with van der Waals surface area (Å²) in [5.74, 6) is -0.814. The standard InChI is InChI=1S/C38H71O8P/c1-4-7-9-11-13-15-17-18-19-20-21-22-23-25-27-29-31-33-38(40)46-36(35-45-47(41,42)44-6-3)34-43-37(39)32-30-28-26-24-16-14-12-10-8-5-2/h10,12,18-19,36H,4-9,11,13-17,20-35H2,1-3H3,(H,41,42)/b12-10-,19-18-. The molecule has 47 heavy (non-hydrogen) atoms. The second-order valence-electron chi connectivity index (χ2n) is 12.6. The molecule has 0 spiro atoms. The van der Waals surface area contributed by atoms with Gasteiger partial charge in [-0.1, -0.05) is 128 Å². The van der Waals surface area contributed by atoms with Crippen LogP contribution in [0, 0.1) is 0 Å². The molecule has 2 atom stereocenters. The van der Waals surface area contributed by atoms with Crippen LogP contribution < -0.4 is 0 Å². The van der Waals surface area contributed by atoms with Crippen LogP contribution in [0.3, 0.4) is 0 Å². The largest absolute Gasteiger partial charge is 0.472 e. The van der Waals surface area contributed by atoms with E-state index in [-0.39, 0.29) is 32.0 Å². The molecule has 0 aliphatic carbocycles. The van der Waals surface area contributed by atoms with Gasteiger partial charge in [-0.2, -0.15) is 0 Å². The zero-order chi connectivity index (χ0) is 34.7. The third kappa shape index (κ3) is 34.2. The molecule has 0 amide bonds. The van der Waals surface area contributed by atoms with Gasteiger partial charge in [-0.15, -0.1) is 0 Å². The molecule has 276 valence electrons. The minimum atomic E-state index is -4.27. The van der Waals surface area contributed by atoms with Gasteiger partial charge < -0.3 is 14.4 Å². The molecule has 8 nitrogen and oxygen atoms in total. The molecule has 1 N–H and O–H groups in total. The smallest absolute Gasteiger partial charge is 0.462 e. The SMILES string of the molecule is CCC/C=C\CCCCCCCC(=O)OCC(COP(=O)(O)OCC)OC(=O)CCCCCCCCC/C=C\CCCCCCCC. The maximum absolute atomic E-state index is 12.5. The molecule has 0 saturated heterocycles. The van der Waals surface area contributed by atoms with Crippen LogP contribution >= 0.6 is 7.82 Å². The Morgan fingerprint density at radius 2 is 1.00 bits per heavy atom. The van der Waals surface area contributed by atoms with Crippen molar-refractivity contribution >= 4 is 19.8 Å². The van der Waals surface area contributed by atoms with Gasteiger partial charge in [0.25, 0.3) is 0 Å². The molecule has 0 aromatic carbocycles. The summed E-state index contributed by atoms with van der Waals surface area (Å²) in [5, 5.41) is 0. The van der Waals surface area contributed by atoms with Gasteiger partial charge in [0.15, 0.2) is 6.10 Å². The first-order chi connectivity index (χ1) is 22.8. The second kappa shape index (κ2) is 34.4. The Morgan fingerprint density at radius 1 is 0.553 bits per heavy atom. The Labute approximate surface area is 288 Å². The van der Waals surface area contributed by atoms with Crippen molar-refractivity contribution in [3.05, 3.63) is 24.3 Å². The predicted octanol–water partition coefficient (Wildman–Crippen LogP) is 11.5. The Balaban J connectivity index is 4.12. The van der Waals surface area contributed by atoms with Crippen molar-refractivity contribution in [2.24, 2.45) is 0 Å². The topological polar surface area (TPSA) is 108 Å². The van der Waals surface area contributed by atoms with Crippen LogP contribution in [0.5, 0.6) is 0 Å². The number of phosphoric acid groups is 1. The molecule has 0 aromatic heterocycles. The number of carbonyl (C=O) groups is 2. The van der Waals surface area contributed by atoms with Crippen LogP contribution in [-0.2, 0) is 32.7 Å². The fourth-order valence-corrected chi connectivity index (χ4v) is 5.91. The van der Waals surface area contributed by atoms with E-state index in [4.69, 9.17) is 18.5 Å². The average molecular weight is 687 g/mol. The summed E-state index contributed by atoms with van der Waals surface area (Å²) >= 11 is 0. The van der Waals surface area contributed by atoms with E-state index in [2.05, 4.69) is 38.2 Å². The first-order valence-electron chi connectivity index (χ1n) is 19.1. The molecule has 0 radical (unpaired) electrons. The highest BCUT2D eigenvalue weighted by molar-refractivity contribution is 7.47. The van der Waals surface area contributed by atoms with Gasteiger partial charge in [-0.25, -0.2) is 4.57 Å². The molecule has 0 heterocycles. The van der Waals surface area contributed by atoms with Crippen molar-refractivity contribution in [2.75, 3.05) is 19.8 Å². The molecular formula is C38H71O8P. The fourth-order valence-electron chi connectivity index (χ4n) is 5.15. The third-order valence-corrected chi connectivity index (χ3v) is 9.02. The summed E-state index contributed by atoms with van der Waals surface area (Å²) in [6.45, 7) is 5.38. The number of unbranched alkanes of at least 4 members (excludes halogenated alkanes) is 19. The van der Waals surface area contributed by atoms with Gasteiger partial charge >= 0.3 is 19.8 Å². The lowest BCUT2D eigenvalue weighted by Crippen LogP contribution is -2.29. The maximum Gasteiger partial charge on any atom is 0.472 e. The predicted molar refractivity (Wildman–Crippen MR) is 193 cm³/mol. The van der Waals surface area contributed by atoms with E-state index in [0.717, 1.165) is 70.6 Å². The van der Waals surface area contributed by atoms with Crippen LogP contribution in [0.15, 0.2) is 24.3 Å². The van der Waals surface area contributed by atoms with Crippen LogP contribution in [0.25, 0.3) is 0 Å². The van der Waals surface area contributed by atoms with Crippen LogP contribution in [0.2, 0.25) is 0 Å². The maximum atomic E-state index is 12.5. The third-order valence-electron chi connectivity index (χ3n) is 7.96. The number of allylic oxidation sites excluding steroid dienone is 4. The van der Waals surface area contributed by atoms with Gasteiger partial charge in [0, 0.05) is 12.8 Å². The highest BCUT2D eigenvalue weighted by Crippen LogP contribution is 2.43. The molecule has 9 heteroatoms. The fraction of sp³-hybridized carbons (Fsp3) is 0.842. The van der Waals surface area contributed by atoms with Gasteiger partial charge in [-0.05, 0) is 64.7 Å². The second-order valence-corrected chi connectivity index (χ2v) is 14.0. The van der Waals surface area contributed by atoms with Crippen molar-refractivity contribution in [3.8, 4) is 0 Å². The quantitative estimate of drug-likeness (QED) is 0.0304. The summed E-state index contributed by atoms with van der Waals surface area (Å²) in [7, 11) is -4.27. The Morgan fingerprint density at radius 3 is 1.49 bits per heavy atom. The number of hydrogen-bond acceptors (Lipinski definition) is 7. The summed E-state index contributed by atoms with van der Waals surface area (Å²) < 4.78 is 32.5. The summed E-state index contributed by atoms with van der Waals surface area (Å²) in [6.07, 6.45) is 35.2. The van der Waals surface area contributed by atoms with Gasteiger partial charge in [0.05, 0.1) is 13.2 Å². The van der Waals surface area contributed by atoms with E-state index in [0.29, 0.717) is 6.42 Å². The van der Waals surface area contributed by atoms with Gasteiger partial charge in [0.2, 0.25) is 0 Å². The summed E-state index contributed by atoms with van der Waals surface area (Å²) in [5.41, 5.74) is 0. The van der Waals surface area contributed by atoms with Gasteiger partial charge in [-0.3, -0.25) is 18.6 Å². The van der Waals surface area contributed by atoms with Crippen molar-refractivity contribution in [1.82, 2.24) is 0 Å². The Bertz CT molecular complexity index is 829. The molecule has 0 saturated carbocycles. The lowest BCUT2D eigenvalue weighted by molar-refractivity contribution is -0.161. The number of esters is 2. The van der Waals surface area contributed by atoms with Crippen LogP contribution in [-0.4, -0.2) is 42.8 Å². The number of rotatable bonds is 35. The first kappa shape index (κ1) is 45.5. The summed E-state index contributed by atoms with van der Waals surface area (Å²) in [4.78, 5) is 34.5. The van der Waals surface area contributed by atoms with Crippen molar-refractivity contribution < 1.29 is 37.6 Å². The number of ether oxygens (including phenoxy) is 2. The van der Waals surface area contributed by atoms with Crippen LogP contribution in [0.4, 0.5) is 0 Å². The van der Waals surface area contributed by atoms with Crippen molar-refractivity contribution in [2.45, 2.75) is 187 Å². The van der Waals surface area contributed by atoms with Crippen LogP contribution in [0.1, 0.15) is 181 Å². The Hall–Kier alpha value is -1.47. The molecular weight excluding hydrogens is 615 g/mol. The molecule has 2 unspecified atom stereocenters. The first-order valence-corrected chi connectivity index (χ1v) is 20.6. The number of phosphoric ester groups is 1. The minimum Gasteiger partial charge on any atom is -0.462 e. The normalized spacial score (nSPS) is 13.7. The lowest BCUT2D eigenvalue weighted by Gasteiger charge is -2.19. The zero-order valence-corrected chi connectivity index (χ0v) is 31.3. The van der Waals surface area contributed by atoms with Crippen molar-refractivity contribution in [3.63, 3.8) is 0 Å². The molecule has 0 fully saturated rings. The highest BCUT2D eigenvalue weighted by Gasteiger charge is 2.25. The molecule has 0 aromatic rings. The number of carbonyl (C=O) groups excluding carboxylic acids is 2. The highest BCUT2D eigenvalue weighted by atomic mass is 31.2. The van der Waals surface area contributed by atoms with E-state index >= 15 is 0 Å². The zero-order valence-electron chi connectivity index (χ0n) is 30.4. The van der Waals surface area contributed by atoms with Crippen molar-refractivity contribution in [1.29, 1.82) is 0 Å². The van der Waals surface area contributed by atoms with E-state index in [1.165, 1.54) is 70.6 Å². The lowest BCUT2D eigenvalue weighted by atomic mass is 10.1. The average Bonchev–Trinajstić information content (AvgIpc) is 3.04. The Kier molecular flexibility index (Phi) is 33.3. The van der Waals surface area contributed by atoms with Gasteiger partial charge in [0.1, 0.15) is 6.61 Å². The minimum absolute atomic E-state index is 0.000860.